The van der Waals surface area contributed by atoms with Crippen molar-refractivity contribution < 1.29 is 9.52 Å². The van der Waals surface area contributed by atoms with Crippen molar-refractivity contribution in [2.24, 2.45) is 0 Å². The normalized spacial score (nSPS) is 10.9. The zero-order valence-electron chi connectivity index (χ0n) is 6.66. The summed E-state index contributed by atoms with van der Waals surface area (Å²) in [6.45, 7) is 3.80. The van der Waals surface area contributed by atoms with E-state index in [4.69, 9.17) is 15.3 Å². The first-order valence-electron chi connectivity index (χ1n) is 3.51. The molecular formula is C7H12N2O2. The molecule has 0 saturated heterocycles. The highest BCUT2D eigenvalue weighted by Gasteiger charge is 2.13. The van der Waals surface area contributed by atoms with Crippen LogP contribution in [0.4, 0.5) is 6.01 Å². The molecule has 3 N–H and O–H groups in total. The van der Waals surface area contributed by atoms with Crippen LogP contribution >= 0.6 is 0 Å². The highest BCUT2D eigenvalue weighted by molar-refractivity contribution is 5.21. The van der Waals surface area contributed by atoms with Crippen LogP contribution < -0.4 is 5.73 Å². The average molecular weight is 156 g/mol. The molecule has 4 nitrogen and oxygen atoms in total. The smallest absolute Gasteiger partial charge is 0.292 e. The molecule has 0 aliphatic heterocycles. The molecule has 0 amide bonds. The number of aromatic nitrogens is 1. The minimum atomic E-state index is -0.117. The summed E-state index contributed by atoms with van der Waals surface area (Å²) in [4.78, 5) is 3.81. The van der Waals surface area contributed by atoms with E-state index in [1.54, 1.807) is 0 Å². The summed E-state index contributed by atoms with van der Waals surface area (Å²) in [5.41, 5.74) is 5.84. The molecule has 11 heavy (non-hydrogen) atoms. The minimum absolute atomic E-state index is 0.117. The van der Waals surface area contributed by atoms with Crippen LogP contribution in [-0.2, 0) is 6.61 Å². The van der Waals surface area contributed by atoms with Gasteiger partial charge in [-0.1, -0.05) is 13.8 Å². The number of nitrogens with two attached hydrogens (primary N) is 1. The average Bonchev–Trinajstić information content (AvgIpc) is 2.30. The first-order chi connectivity index (χ1) is 5.15. The maximum Gasteiger partial charge on any atom is 0.292 e. The Morgan fingerprint density at radius 2 is 2.27 bits per heavy atom. The number of aliphatic hydroxyl groups excluding tert-OH is 1. The Morgan fingerprint density at radius 1 is 1.64 bits per heavy atom. The van der Waals surface area contributed by atoms with Gasteiger partial charge in [-0.05, 0) is 0 Å². The van der Waals surface area contributed by atoms with Gasteiger partial charge in [-0.3, -0.25) is 0 Å². The molecule has 0 bridgehead atoms. The van der Waals surface area contributed by atoms with Gasteiger partial charge in [-0.15, -0.1) is 0 Å². The van der Waals surface area contributed by atoms with Gasteiger partial charge in [0.2, 0.25) is 0 Å². The van der Waals surface area contributed by atoms with Crippen LogP contribution in [0.1, 0.15) is 31.2 Å². The van der Waals surface area contributed by atoms with Crippen molar-refractivity contribution in [3.63, 3.8) is 0 Å². The molecule has 0 aliphatic rings. The molecule has 1 rings (SSSR count). The molecule has 0 aromatic carbocycles. The molecule has 0 radical (unpaired) electrons. The second kappa shape index (κ2) is 2.92. The van der Waals surface area contributed by atoms with Crippen molar-refractivity contribution in [3.8, 4) is 0 Å². The van der Waals surface area contributed by atoms with E-state index in [9.17, 15) is 0 Å². The van der Waals surface area contributed by atoms with E-state index in [0.717, 1.165) is 0 Å². The largest absolute Gasteiger partial charge is 0.428 e. The lowest BCUT2D eigenvalue weighted by atomic mass is 10.1. The third kappa shape index (κ3) is 1.51. The van der Waals surface area contributed by atoms with Crippen LogP contribution in [0.15, 0.2) is 4.42 Å². The van der Waals surface area contributed by atoms with E-state index in [1.807, 2.05) is 13.8 Å². The van der Waals surface area contributed by atoms with Crippen LogP contribution in [0.5, 0.6) is 0 Å². The molecule has 0 atom stereocenters. The third-order valence-corrected chi connectivity index (χ3v) is 1.42. The number of oxazole rings is 1. The molecule has 0 spiro atoms. The van der Waals surface area contributed by atoms with Crippen LogP contribution in [0.2, 0.25) is 0 Å². The van der Waals surface area contributed by atoms with Gasteiger partial charge < -0.3 is 15.3 Å². The Hall–Kier alpha value is -1.03. The van der Waals surface area contributed by atoms with Crippen molar-refractivity contribution >= 4 is 6.01 Å². The van der Waals surface area contributed by atoms with Gasteiger partial charge in [0.15, 0.2) is 0 Å². The van der Waals surface area contributed by atoms with Crippen molar-refractivity contribution in [2.75, 3.05) is 5.73 Å². The van der Waals surface area contributed by atoms with Crippen LogP contribution in [0.3, 0.4) is 0 Å². The van der Waals surface area contributed by atoms with Gasteiger partial charge in [0, 0.05) is 5.92 Å². The summed E-state index contributed by atoms with van der Waals surface area (Å²) in [6, 6.07) is 0.123. The van der Waals surface area contributed by atoms with E-state index in [0.29, 0.717) is 11.5 Å². The summed E-state index contributed by atoms with van der Waals surface area (Å²) in [6.07, 6.45) is 0. The van der Waals surface area contributed by atoms with Gasteiger partial charge in [0.1, 0.15) is 11.5 Å². The summed E-state index contributed by atoms with van der Waals surface area (Å²) in [5, 5.41) is 8.80. The quantitative estimate of drug-likeness (QED) is 0.666. The maximum absolute atomic E-state index is 8.80. The summed E-state index contributed by atoms with van der Waals surface area (Å²) < 4.78 is 5.07. The topological polar surface area (TPSA) is 72.3 Å². The number of nitrogens with zero attached hydrogens (tertiary/aromatic N) is 1. The van der Waals surface area contributed by atoms with E-state index in [2.05, 4.69) is 4.98 Å². The summed E-state index contributed by atoms with van der Waals surface area (Å²) in [5.74, 6) is 0.881. The fraction of sp³-hybridized carbons (Fsp3) is 0.571. The number of aliphatic hydroxyl groups is 1. The number of nitrogen functional groups attached to an aromatic ring is 1. The molecule has 0 fully saturated rings. The molecule has 1 aromatic rings. The van der Waals surface area contributed by atoms with Crippen molar-refractivity contribution in [1.29, 1.82) is 0 Å². The molecule has 0 unspecified atom stereocenters. The Balaban J connectivity index is 3.02. The molecule has 62 valence electrons. The first kappa shape index (κ1) is 8.07. The second-order valence-electron chi connectivity index (χ2n) is 2.68. The number of hydrogen-bond acceptors (Lipinski definition) is 4. The number of hydrogen-bond donors (Lipinski definition) is 2. The van der Waals surface area contributed by atoms with Gasteiger partial charge in [-0.25, -0.2) is 0 Å². The predicted octanol–water partition coefficient (Wildman–Crippen LogP) is 0.873. The van der Waals surface area contributed by atoms with Crippen LogP contribution in [0, 0.1) is 0 Å². The maximum atomic E-state index is 8.80. The first-order valence-corrected chi connectivity index (χ1v) is 3.51. The van der Waals surface area contributed by atoms with Gasteiger partial charge >= 0.3 is 0 Å². The zero-order chi connectivity index (χ0) is 8.43. The predicted molar refractivity (Wildman–Crippen MR) is 40.9 cm³/mol. The second-order valence-corrected chi connectivity index (χ2v) is 2.68. The summed E-state index contributed by atoms with van der Waals surface area (Å²) >= 11 is 0. The van der Waals surface area contributed by atoms with Crippen LogP contribution in [0.25, 0.3) is 0 Å². The Kier molecular flexibility index (Phi) is 2.14. The Labute approximate surface area is 65.0 Å². The van der Waals surface area contributed by atoms with Crippen molar-refractivity contribution in [2.45, 2.75) is 26.4 Å². The van der Waals surface area contributed by atoms with Crippen LogP contribution in [-0.4, -0.2) is 10.1 Å². The van der Waals surface area contributed by atoms with Crippen molar-refractivity contribution in [1.82, 2.24) is 4.98 Å². The van der Waals surface area contributed by atoms with E-state index < -0.39 is 0 Å². The number of anilines is 1. The molecule has 0 saturated carbocycles. The molecular weight excluding hydrogens is 144 g/mol. The SMILES string of the molecule is CC(C)c1oc(N)nc1CO. The fourth-order valence-corrected chi connectivity index (χ4v) is 0.947. The number of rotatable bonds is 2. The van der Waals surface area contributed by atoms with Gasteiger partial charge in [-0.2, -0.15) is 4.98 Å². The monoisotopic (exact) mass is 156 g/mol. The van der Waals surface area contributed by atoms with Gasteiger partial charge in [0.05, 0.1) is 6.61 Å². The molecule has 4 heteroatoms. The highest BCUT2D eigenvalue weighted by atomic mass is 16.4. The standard InChI is InChI=1S/C7H12N2O2/c1-4(2)6-5(3-10)9-7(8)11-6/h4,10H,3H2,1-2H3,(H2,8,9). The molecule has 1 heterocycles. The lowest BCUT2D eigenvalue weighted by Crippen LogP contribution is -1.92. The minimum Gasteiger partial charge on any atom is -0.428 e. The third-order valence-electron chi connectivity index (χ3n) is 1.42. The van der Waals surface area contributed by atoms with E-state index >= 15 is 0 Å². The highest BCUT2D eigenvalue weighted by Crippen LogP contribution is 2.21. The Bertz CT molecular complexity index is 243. The van der Waals surface area contributed by atoms with Crippen molar-refractivity contribution in [3.05, 3.63) is 11.5 Å². The lowest BCUT2D eigenvalue weighted by Gasteiger charge is -1.99. The zero-order valence-corrected chi connectivity index (χ0v) is 6.66. The summed E-state index contributed by atoms with van der Waals surface area (Å²) in [7, 11) is 0. The molecule has 0 aliphatic carbocycles. The van der Waals surface area contributed by atoms with E-state index in [1.165, 1.54) is 0 Å². The van der Waals surface area contributed by atoms with Gasteiger partial charge in [0.25, 0.3) is 6.01 Å². The Morgan fingerprint density at radius 3 is 2.64 bits per heavy atom. The molecule has 1 aromatic heterocycles. The van der Waals surface area contributed by atoms with E-state index in [-0.39, 0.29) is 18.5 Å². The lowest BCUT2D eigenvalue weighted by molar-refractivity contribution is 0.273. The fourth-order valence-electron chi connectivity index (χ4n) is 0.947.